The Morgan fingerprint density at radius 2 is 1.23 bits per heavy atom. The molecule has 3 fully saturated rings. The van der Waals surface area contributed by atoms with Crippen molar-refractivity contribution in [2.24, 2.45) is 0 Å². The molecule has 2 aromatic carbocycles. The molecule has 0 unspecified atom stereocenters. The van der Waals surface area contributed by atoms with E-state index in [0.29, 0.717) is 24.6 Å². The van der Waals surface area contributed by atoms with Crippen LogP contribution in [0.25, 0.3) is 0 Å². The average Bonchev–Trinajstić information content (AvgIpc) is 3.13. The minimum Gasteiger partial charge on any atom is -0.507 e. The molecule has 3 heterocycles. The lowest BCUT2D eigenvalue weighted by atomic mass is 10.0. The molecule has 0 aromatic heterocycles. The van der Waals surface area contributed by atoms with Gasteiger partial charge in [0, 0.05) is 77.8 Å². The number of piperazine rings is 1. The normalized spacial score (nSPS) is 16.7. The Kier molecular flexibility index (Phi) is 28.5. The topological polar surface area (TPSA) is 93.6 Å². The van der Waals surface area contributed by atoms with E-state index in [1.807, 2.05) is 56.0 Å². The van der Waals surface area contributed by atoms with Gasteiger partial charge in [-0.3, -0.25) is 9.69 Å². The molecule has 9 heteroatoms. The van der Waals surface area contributed by atoms with Crippen LogP contribution in [0.2, 0.25) is 0 Å². The van der Waals surface area contributed by atoms with Gasteiger partial charge in [-0.15, -0.1) is 0 Å². The van der Waals surface area contributed by atoms with Crippen LogP contribution in [0, 0.1) is 27.7 Å². The molecule has 1 amide bonds. The van der Waals surface area contributed by atoms with Gasteiger partial charge in [-0.25, -0.2) is 0 Å². The van der Waals surface area contributed by atoms with E-state index < -0.39 is 0 Å². The largest absolute Gasteiger partial charge is 0.507 e. The number of aryl methyl sites for hydroxylation is 4. The highest BCUT2D eigenvalue weighted by Gasteiger charge is 2.24. The van der Waals surface area contributed by atoms with Gasteiger partial charge >= 0.3 is 0 Å². The van der Waals surface area contributed by atoms with Crippen molar-refractivity contribution in [1.29, 1.82) is 0 Å². The van der Waals surface area contributed by atoms with Gasteiger partial charge in [0.1, 0.15) is 18.3 Å². The lowest BCUT2D eigenvalue weighted by molar-refractivity contribution is -0.131. The van der Waals surface area contributed by atoms with Crippen molar-refractivity contribution in [2.75, 3.05) is 73.1 Å². The van der Waals surface area contributed by atoms with Crippen LogP contribution in [0.5, 0.6) is 5.75 Å². The van der Waals surface area contributed by atoms with Crippen LogP contribution in [0.3, 0.4) is 0 Å². The van der Waals surface area contributed by atoms with E-state index in [0.717, 1.165) is 75.4 Å². The molecule has 3 saturated heterocycles. The first-order chi connectivity index (χ1) is 24.8. The summed E-state index contributed by atoms with van der Waals surface area (Å²) in [7, 11) is 4.35. The van der Waals surface area contributed by atoms with Crippen molar-refractivity contribution in [1.82, 2.24) is 19.6 Å². The van der Waals surface area contributed by atoms with Gasteiger partial charge in [0.25, 0.3) is 0 Å². The van der Waals surface area contributed by atoms with E-state index in [-0.39, 0.29) is 5.91 Å². The van der Waals surface area contributed by atoms with Crippen molar-refractivity contribution < 1.29 is 24.2 Å². The predicted molar refractivity (Wildman–Crippen MR) is 217 cm³/mol. The van der Waals surface area contributed by atoms with Gasteiger partial charge in [0.15, 0.2) is 0 Å². The van der Waals surface area contributed by atoms with E-state index in [1.54, 1.807) is 6.92 Å². The standard InChI is InChI=1S/2C10H20N2O.C9H12O.C7H8.C4H6O2.C3H8/c1-11-4-6-12(7-5-11)10-2-8-13-9-3-10;1-4-12(9(2)13)10-5-7-11(3)8-6-10;1-6-4-7(2)9(10)8(3)5-6;1-7-5-3-2-4-6-7;5-3-1-2-4-6;1-3-2/h10H,2-9H2,1H3;10H,4-8H2,1-3H3;4-5,10H,1-3H3;2-6H,1H3;3-4H,1-2H2;3H2,1-2H3. The number of likely N-dealkylation sites (tertiary alicyclic amines) is 1. The lowest BCUT2D eigenvalue weighted by Gasteiger charge is -2.39. The summed E-state index contributed by atoms with van der Waals surface area (Å²) in [5.41, 5.74) is 4.44. The SMILES string of the molecule is CCC.CCN(C(C)=O)C1CCN(C)CC1.CN1CCN(C2CCOCC2)CC1.Cc1cc(C)c(O)c(C)c1.Cc1ccccc1.O=CCCC=O. The van der Waals surface area contributed by atoms with Gasteiger partial charge < -0.3 is 34.1 Å². The Bertz CT molecular complexity index is 1160. The summed E-state index contributed by atoms with van der Waals surface area (Å²) in [6, 6.07) is 15.5. The molecule has 3 aliphatic rings. The van der Waals surface area contributed by atoms with Crippen molar-refractivity contribution in [3.8, 4) is 5.75 Å². The van der Waals surface area contributed by atoms with Gasteiger partial charge in [-0.2, -0.15) is 0 Å². The molecule has 0 spiro atoms. The van der Waals surface area contributed by atoms with Crippen molar-refractivity contribution in [2.45, 2.75) is 112 Å². The third kappa shape index (κ3) is 22.7. The summed E-state index contributed by atoms with van der Waals surface area (Å²) in [5.74, 6) is 0.641. The number of aldehydes is 2. The van der Waals surface area contributed by atoms with Crippen molar-refractivity contribution >= 4 is 18.5 Å². The number of aromatic hydroxyl groups is 1. The fourth-order valence-corrected chi connectivity index (χ4v) is 6.12. The molecular formula is C43H74N4O5. The van der Waals surface area contributed by atoms with Crippen molar-refractivity contribution in [3.05, 3.63) is 64.7 Å². The highest BCUT2D eigenvalue weighted by Crippen LogP contribution is 2.22. The van der Waals surface area contributed by atoms with Crippen LogP contribution >= 0.6 is 0 Å². The number of benzene rings is 2. The number of rotatable bonds is 6. The van der Waals surface area contributed by atoms with Gasteiger partial charge in [0.2, 0.25) is 5.91 Å². The van der Waals surface area contributed by atoms with Crippen molar-refractivity contribution in [3.63, 3.8) is 0 Å². The Hall–Kier alpha value is -3.11. The summed E-state index contributed by atoms with van der Waals surface area (Å²) < 4.78 is 5.37. The molecular weight excluding hydrogens is 652 g/mol. The highest BCUT2D eigenvalue weighted by atomic mass is 16.5. The minimum absolute atomic E-state index is 0.219. The zero-order valence-corrected chi connectivity index (χ0v) is 34.5. The Morgan fingerprint density at radius 3 is 1.62 bits per heavy atom. The zero-order chi connectivity index (χ0) is 39.3. The minimum atomic E-state index is 0.219. The quantitative estimate of drug-likeness (QED) is 0.246. The average molecular weight is 727 g/mol. The molecule has 52 heavy (non-hydrogen) atoms. The summed E-state index contributed by atoms with van der Waals surface area (Å²) >= 11 is 0. The molecule has 0 radical (unpaired) electrons. The number of likely N-dealkylation sites (N-methyl/N-ethyl adjacent to an activating group) is 1. The monoisotopic (exact) mass is 727 g/mol. The molecule has 0 aliphatic carbocycles. The Labute approximate surface area is 317 Å². The number of carbonyl (C=O) groups is 3. The number of hydrogen-bond donors (Lipinski definition) is 1. The van der Waals surface area contributed by atoms with E-state index in [1.165, 1.54) is 56.6 Å². The fraction of sp³-hybridized carbons (Fsp3) is 0.651. The second-order valence-corrected chi connectivity index (χ2v) is 14.0. The molecule has 2 aromatic rings. The first-order valence-electron chi connectivity index (χ1n) is 19.5. The number of nitrogens with zero attached hydrogens (tertiary/aromatic N) is 4. The molecule has 0 atom stereocenters. The first-order valence-corrected chi connectivity index (χ1v) is 19.5. The number of unbranched alkanes of at least 4 members (excludes halogenated alkanes) is 1. The van der Waals surface area contributed by atoms with Crippen LogP contribution in [0.15, 0.2) is 42.5 Å². The molecule has 5 rings (SSSR count). The highest BCUT2D eigenvalue weighted by molar-refractivity contribution is 5.73. The maximum absolute atomic E-state index is 11.3. The first kappa shape index (κ1) is 48.9. The Balaban J connectivity index is 0.000000630. The summed E-state index contributed by atoms with van der Waals surface area (Å²) in [4.78, 5) is 39.4. The van der Waals surface area contributed by atoms with Gasteiger partial charge in [0.05, 0.1) is 0 Å². The molecule has 296 valence electrons. The maximum atomic E-state index is 11.3. The van der Waals surface area contributed by atoms with Gasteiger partial charge in [-0.05, 0) is 98.6 Å². The smallest absolute Gasteiger partial charge is 0.219 e. The molecule has 0 bridgehead atoms. The fourth-order valence-electron chi connectivity index (χ4n) is 6.12. The molecule has 3 aliphatic heterocycles. The lowest BCUT2D eigenvalue weighted by Crippen LogP contribution is -2.50. The number of piperidine rings is 1. The van der Waals surface area contributed by atoms with E-state index in [4.69, 9.17) is 4.74 Å². The second-order valence-electron chi connectivity index (χ2n) is 14.0. The number of ether oxygens (including phenoxy) is 1. The number of hydrogen-bond acceptors (Lipinski definition) is 8. The second kappa shape index (κ2) is 30.4. The third-order valence-electron chi connectivity index (χ3n) is 9.10. The van der Waals surface area contributed by atoms with Crippen LogP contribution < -0.4 is 0 Å². The number of phenols is 1. The third-order valence-corrected chi connectivity index (χ3v) is 9.10. The van der Waals surface area contributed by atoms with Crippen LogP contribution in [0.1, 0.15) is 94.9 Å². The molecule has 1 N–H and O–H groups in total. The van der Waals surface area contributed by atoms with Crippen LogP contribution in [-0.2, 0) is 19.1 Å². The molecule has 9 nitrogen and oxygen atoms in total. The number of phenolic OH excluding ortho intramolecular Hbond substituents is 1. The van der Waals surface area contributed by atoms with Crippen LogP contribution in [0.4, 0.5) is 0 Å². The summed E-state index contributed by atoms with van der Waals surface area (Å²) in [6.45, 7) is 25.9. The summed E-state index contributed by atoms with van der Waals surface area (Å²) in [6.07, 6.45) is 8.18. The predicted octanol–water partition coefficient (Wildman–Crippen LogP) is 7.25. The number of amides is 1. The van der Waals surface area contributed by atoms with E-state index in [9.17, 15) is 19.5 Å². The van der Waals surface area contributed by atoms with E-state index >= 15 is 0 Å². The number of carbonyl (C=O) groups excluding carboxylic acids is 3. The summed E-state index contributed by atoms with van der Waals surface area (Å²) in [5, 5.41) is 9.33. The zero-order valence-electron chi connectivity index (χ0n) is 34.5. The molecule has 0 saturated carbocycles. The Morgan fingerprint density at radius 1 is 0.769 bits per heavy atom. The van der Waals surface area contributed by atoms with Crippen LogP contribution in [-0.4, -0.2) is 128 Å². The van der Waals surface area contributed by atoms with E-state index in [2.05, 4.69) is 68.6 Å². The maximum Gasteiger partial charge on any atom is 0.219 e. The van der Waals surface area contributed by atoms with Gasteiger partial charge in [-0.1, -0.05) is 73.9 Å².